The molecule has 2 heterocycles. The zero-order valence-corrected chi connectivity index (χ0v) is 11.4. The van der Waals surface area contributed by atoms with Crippen LogP contribution in [-0.2, 0) is 9.84 Å². The molecule has 5 nitrogen and oxygen atoms in total. The quantitative estimate of drug-likeness (QED) is 0.761. The summed E-state index contributed by atoms with van der Waals surface area (Å²) in [7, 11) is -1.41. The van der Waals surface area contributed by atoms with Gasteiger partial charge in [-0.3, -0.25) is 4.79 Å². The van der Waals surface area contributed by atoms with E-state index in [0.29, 0.717) is 12.0 Å². The van der Waals surface area contributed by atoms with Gasteiger partial charge in [0.2, 0.25) is 0 Å². The predicted molar refractivity (Wildman–Crippen MR) is 68.4 cm³/mol. The molecular formula is C11H13ClN2O3S. The molecule has 18 heavy (non-hydrogen) atoms. The average molecular weight is 289 g/mol. The number of pyridine rings is 1. The maximum absolute atomic E-state index is 12.2. The van der Waals surface area contributed by atoms with Gasteiger partial charge in [0, 0.05) is 19.3 Å². The largest absolute Gasteiger partial charge is 0.338 e. The number of carbonyl (C=O) groups excluding carboxylic acids is 1. The number of amides is 1. The molecule has 1 atom stereocenters. The lowest BCUT2D eigenvalue weighted by Crippen LogP contribution is -2.38. The first kappa shape index (κ1) is 13.3. The highest BCUT2D eigenvalue weighted by Crippen LogP contribution is 2.20. The Labute approximate surface area is 111 Å². The van der Waals surface area contributed by atoms with Crippen molar-refractivity contribution in [2.24, 2.45) is 0 Å². The molecule has 2 rings (SSSR count). The highest BCUT2D eigenvalue weighted by Gasteiger charge is 2.33. The molecule has 1 aromatic heterocycles. The van der Waals surface area contributed by atoms with E-state index >= 15 is 0 Å². The summed E-state index contributed by atoms with van der Waals surface area (Å²) < 4.78 is 22.8. The summed E-state index contributed by atoms with van der Waals surface area (Å²) >= 11 is 5.85. The predicted octanol–water partition coefficient (Wildman–Crippen LogP) is 0.994. The van der Waals surface area contributed by atoms with Crippen LogP contribution in [0.1, 0.15) is 16.8 Å². The van der Waals surface area contributed by atoms with Crippen molar-refractivity contribution >= 4 is 27.3 Å². The maximum Gasteiger partial charge on any atom is 0.257 e. The molecule has 0 N–H and O–H groups in total. The summed E-state index contributed by atoms with van der Waals surface area (Å²) in [6.07, 6.45) is 1.97. The van der Waals surface area contributed by atoms with E-state index in [4.69, 9.17) is 11.6 Å². The molecule has 0 aliphatic carbocycles. The van der Waals surface area contributed by atoms with E-state index < -0.39 is 9.84 Å². The minimum Gasteiger partial charge on any atom is -0.338 e. The Kier molecular flexibility index (Phi) is 3.59. The first-order valence-electron chi connectivity index (χ1n) is 5.49. The molecule has 0 radical (unpaired) electrons. The van der Waals surface area contributed by atoms with Gasteiger partial charge in [0.05, 0.1) is 17.1 Å². The molecule has 1 saturated heterocycles. The second-order valence-electron chi connectivity index (χ2n) is 4.31. The van der Waals surface area contributed by atoms with Gasteiger partial charge in [-0.25, -0.2) is 13.4 Å². The number of aromatic nitrogens is 1. The number of carbonyl (C=O) groups is 1. The third-order valence-corrected chi connectivity index (χ3v) is 5.12. The number of hydrogen-bond acceptors (Lipinski definition) is 4. The van der Waals surface area contributed by atoms with Crippen molar-refractivity contribution in [3.63, 3.8) is 0 Å². The van der Waals surface area contributed by atoms with E-state index in [1.54, 1.807) is 19.2 Å². The molecule has 1 aliphatic heterocycles. The fourth-order valence-corrected chi connectivity index (χ4v) is 3.96. The van der Waals surface area contributed by atoms with Gasteiger partial charge in [-0.15, -0.1) is 0 Å². The van der Waals surface area contributed by atoms with Crippen molar-refractivity contribution in [1.82, 2.24) is 9.88 Å². The zero-order valence-electron chi connectivity index (χ0n) is 9.84. The fraction of sp³-hybridized carbons (Fsp3) is 0.455. The second kappa shape index (κ2) is 4.85. The summed E-state index contributed by atoms with van der Waals surface area (Å²) in [6.45, 7) is 0. The van der Waals surface area contributed by atoms with Gasteiger partial charge in [0.25, 0.3) is 5.91 Å². The minimum atomic E-state index is -3.01. The molecular weight excluding hydrogens is 276 g/mol. The van der Waals surface area contributed by atoms with Crippen LogP contribution >= 0.6 is 11.6 Å². The Morgan fingerprint density at radius 1 is 1.56 bits per heavy atom. The van der Waals surface area contributed by atoms with E-state index in [0.717, 1.165) is 0 Å². The number of rotatable bonds is 2. The highest BCUT2D eigenvalue weighted by molar-refractivity contribution is 7.91. The van der Waals surface area contributed by atoms with Crippen LogP contribution in [0.5, 0.6) is 0 Å². The summed E-state index contributed by atoms with van der Waals surface area (Å²) in [5.41, 5.74) is 0.297. The van der Waals surface area contributed by atoms with Crippen LogP contribution < -0.4 is 0 Å². The van der Waals surface area contributed by atoms with Gasteiger partial charge >= 0.3 is 0 Å². The van der Waals surface area contributed by atoms with Crippen molar-refractivity contribution < 1.29 is 13.2 Å². The lowest BCUT2D eigenvalue weighted by atomic mass is 10.2. The molecule has 1 aliphatic rings. The Morgan fingerprint density at radius 3 is 2.83 bits per heavy atom. The minimum absolute atomic E-state index is 0.0210. The third-order valence-electron chi connectivity index (χ3n) is 3.07. The van der Waals surface area contributed by atoms with Gasteiger partial charge in [-0.05, 0) is 18.6 Å². The SMILES string of the molecule is CN(C(=O)c1cccnc1Cl)[C@H]1CCS(=O)(=O)C1. The monoisotopic (exact) mass is 288 g/mol. The molecule has 0 aromatic carbocycles. The summed E-state index contributed by atoms with van der Waals surface area (Å²) in [5, 5.41) is 0.134. The van der Waals surface area contributed by atoms with Crippen molar-refractivity contribution in [1.29, 1.82) is 0 Å². The van der Waals surface area contributed by atoms with Crippen molar-refractivity contribution in [3.8, 4) is 0 Å². The van der Waals surface area contributed by atoms with Crippen LogP contribution in [-0.4, -0.2) is 48.8 Å². The van der Waals surface area contributed by atoms with Crippen LogP contribution in [0.4, 0.5) is 0 Å². The summed E-state index contributed by atoms with van der Waals surface area (Å²) in [4.78, 5) is 17.4. The normalized spacial score (nSPS) is 21.8. The Bertz CT molecular complexity index is 573. The molecule has 1 amide bonds. The Hall–Kier alpha value is -1.14. The van der Waals surface area contributed by atoms with Crippen LogP contribution in [0.3, 0.4) is 0 Å². The molecule has 0 spiro atoms. The molecule has 0 bridgehead atoms. The second-order valence-corrected chi connectivity index (χ2v) is 6.90. The Balaban J connectivity index is 2.18. The van der Waals surface area contributed by atoms with Crippen molar-refractivity contribution in [2.45, 2.75) is 12.5 Å². The van der Waals surface area contributed by atoms with E-state index in [9.17, 15) is 13.2 Å². The molecule has 1 fully saturated rings. The zero-order chi connectivity index (χ0) is 13.3. The smallest absolute Gasteiger partial charge is 0.257 e. The lowest BCUT2D eigenvalue weighted by molar-refractivity contribution is 0.0747. The van der Waals surface area contributed by atoms with E-state index in [1.165, 1.54) is 11.1 Å². The Morgan fingerprint density at radius 2 is 2.28 bits per heavy atom. The lowest BCUT2D eigenvalue weighted by Gasteiger charge is -2.23. The molecule has 98 valence electrons. The molecule has 7 heteroatoms. The summed E-state index contributed by atoms with van der Waals surface area (Å²) in [6, 6.07) is 2.93. The first-order valence-corrected chi connectivity index (χ1v) is 7.69. The number of nitrogens with zero attached hydrogens (tertiary/aromatic N) is 2. The van der Waals surface area contributed by atoms with Crippen LogP contribution in [0.15, 0.2) is 18.3 Å². The van der Waals surface area contributed by atoms with Crippen molar-refractivity contribution in [2.75, 3.05) is 18.6 Å². The van der Waals surface area contributed by atoms with Crippen molar-refractivity contribution in [3.05, 3.63) is 29.0 Å². The van der Waals surface area contributed by atoms with E-state index in [-0.39, 0.29) is 28.6 Å². The first-order chi connectivity index (χ1) is 8.41. The number of halogens is 1. The van der Waals surface area contributed by atoms with Gasteiger partial charge in [0.15, 0.2) is 9.84 Å². The number of hydrogen-bond donors (Lipinski definition) is 0. The molecule has 0 unspecified atom stereocenters. The topological polar surface area (TPSA) is 67.3 Å². The molecule has 1 aromatic rings. The van der Waals surface area contributed by atoms with Gasteiger partial charge < -0.3 is 4.90 Å². The maximum atomic E-state index is 12.2. The van der Waals surface area contributed by atoms with E-state index in [1.807, 2.05) is 0 Å². The van der Waals surface area contributed by atoms with Gasteiger partial charge in [0.1, 0.15) is 5.15 Å². The van der Waals surface area contributed by atoms with Crippen LogP contribution in [0.2, 0.25) is 5.15 Å². The third kappa shape index (κ3) is 2.64. The standard InChI is InChI=1S/C11H13ClN2O3S/c1-14(8-4-6-18(16,17)7-8)11(15)9-3-2-5-13-10(9)12/h2-3,5,8H,4,6-7H2,1H3/t8-/m0/s1. The van der Waals surface area contributed by atoms with E-state index in [2.05, 4.69) is 4.98 Å². The van der Waals surface area contributed by atoms with Gasteiger partial charge in [-0.1, -0.05) is 11.6 Å². The number of sulfone groups is 1. The molecule has 0 saturated carbocycles. The van der Waals surface area contributed by atoms with Crippen LogP contribution in [0.25, 0.3) is 0 Å². The van der Waals surface area contributed by atoms with Crippen LogP contribution in [0, 0.1) is 0 Å². The van der Waals surface area contributed by atoms with Gasteiger partial charge in [-0.2, -0.15) is 0 Å². The highest BCUT2D eigenvalue weighted by atomic mass is 35.5. The summed E-state index contributed by atoms with van der Waals surface area (Å²) in [5.74, 6) is -0.140. The fourth-order valence-electron chi connectivity index (χ4n) is 1.98. The average Bonchev–Trinajstić information content (AvgIpc) is 2.68.